The van der Waals surface area contributed by atoms with Crippen LogP contribution in [0.25, 0.3) is 0 Å². The summed E-state index contributed by atoms with van der Waals surface area (Å²) in [6.07, 6.45) is 6.22. The van der Waals surface area contributed by atoms with Gasteiger partial charge < -0.3 is 15.4 Å². The number of nitrogens with zero attached hydrogens (tertiary/aromatic N) is 4. The first kappa shape index (κ1) is 23.1. The van der Waals surface area contributed by atoms with Gasteiger partial charge >= 0.3 is 0 Å². The number of hydrogen-bond acceptors (Lipinski definition) is 7. The molecule has 2 heterocycles. The number of nitrogens with one attached hydrogen (secondary N) is 2. The Kier molecular flexibility index (Phi) is 7.48. The van der Waals surface area contributed by atoms with Gasteiger partial charge in [0.05, 0.1) is 24.7 Å². The summed E-state index contributed by atoms with van der Waals surface area (Å²) in [4.78, 5) is 39.2. The highest BCUT2D eigenvalue weighted by atomic mass is 16.5. The van der Waals surface area contributed by atoms with Gasteiger partial charge in [-0.2, -0.15) is 4.98 Å². The lowest BCUT2D eigenvalue weighted by molar-refractivity contribution is -0.113. The van der Waals surface area contributed by atoms with Crippen LogP contribution in [0, 0.1) is 0 Å². The summed E-state index contributed by atoms with van der Waals surface area (Å²) in [6.45, 7) is 9.02. The number of amides is 2. The number of pyridine rings is 1. The molecule has 9 nitrogen and oxygen atoms in total. The van der Waals surface area contributed by atoms with E-state index in [0.717, 1.165) is 5.56 Å². The standard InChI is InChI=1S/C24H24N6O3/c1-5-16-14-26-24(28-18-11-12-21(33-4)25-15-18)29-23(16)30(22(32)7-3)19-10-8-9-17(13-19)27-20(31)6-2/h6-15H,2-3,5H2,1,4H3,(H,27,31)(H,26,28,29). The molecule has 0 radical (unpaired) electrons. The van der Waals surface area contributed by atoms with E-state index in [1.807, 2.05) is 6.92 Å². The molecule has 0 aliphatic heterocycles. The molecule has 168 valence electrons. The van der Waals surface area contributed by atoms with E-state index >= 15 is 0 Å². The number of anilines is 5. The van der Waals surface area contributed by atoms with E-state index in [2.05, 4.69) is 38.7 Å². The molecule has 3 rings (SSSR count). The highest BCUT2D eigenvalue weighted by Gasteiger charge is 2.21. The molecule has 33 heavy (non-hydrogen) atoms. The van der Waals surface area contributed by atoms with Crippen molar-refractivity contribution in [2.24, 2.45) is 0 Å². The lowest BCUT2D eigenvalue weighted by Crippen LogP contribution is -2.26. The molecule has 0 bridgehead atoms. The molecule has 0 fully saturated rings. The van der Waals surface area contributed by atoms with Crippen molar-refractivity contribution in [1.29, 1.82) is 0 Å². The first-order valence-electron chi connectivity index (χ1n) is 10.1. The maximum atomic E-state index is 12.9. The van der Waals surface area contributed by atoms with Crippen molar-refractivity contribution in [2.75, 3.05) is 22.6 Å². The number of carbonyl (C=O) groups is 2. The van der Waals surface area contributed by atoms with E-state index in [9.17, 15) is 9.59 Å². The SMILES string of the molecule is C=CC(=O)Nc1cccc(N(C(=O)C=C)c2nc(Nc3ccc(OC)nc3)ncc2CC)c1. The van der Waals surface area contributed by atoms with Crippen molar-refractivity contribution in [3.63, 3.8) is 0 Å². The summed E-state index contributed by atoms with van der Waals surface area (Å²) >= 11 is 0. The summed E-state index contributed by atoms with van der Waals surface area (Å²) in [5, 5.41) is 5.78. The Labute approximate surface area is 191 Å². The zero-order chi connectivity index (χ0) is 23.8. The molecule has 0 aliphatic carbocycles. The number of methoxy groups -OCH3 is 1. The predicted molar refractivity (Wildman–Crippen MR) is 128 cm³/mol. The van der Waals surface area contributed by atoms with Crippen molar-refractivity contribution in [3.8, 4) is 5.88 Å². The number of benzene rings is 1. The molecule has 2 N–H and O–H groups in total. The molecule has 2 aromatic heterocycles. The average Bonchev–Trinajstić information content (AvgIpc) is 2.85. The Balaban J connectivity index is 2.03. The van der Waals surface area contributed by atoms with Gasteiger partial charge in [0.2, 0.25) is 17.7 Å². The fraction of sp³-hybridized carbons (Fsp3) is 0.125. The van der Waals surface area contributed by atoms with Crippen LogP contribution < -0.4 is 20.3 Å². The van der Waals surface area contributed by atoms with Crippen molar-refractivity contribution in [3.05, 3.63) is 79.7 Å². The quantitative estimate of drug-likeness (QED) is 0.477. The first-order chi connectivity index (χ1) is 16.0. The lowest BCUT2D eigenvalue weighted by atomic mass is 10.2. The molecule has 0 spiro atoms. The van der Waals surface area contributed by atoms with Crippen LogP contribution in [0.1, 0.15) is 12.5 Å². The van der Waals surface area contributed by atoms with Crippen LogP contribution in [0.3, 0.4) is 0 Å². The van der Waals surface area contributed by atoms with E-state index in [-0.39, 0.29) is 17.8 Å². The third-order valence-electron chi connectivity index (χ3n) is 4.59. The van der Waals surface area contributed by atoms with Gasteiger partial charge in [0.25, 0.3) is 5.91 Å². The predicted octanol–water partition coefficient (Wildman–Crippen LogP) is 4.16. The largest absolute Gasteiger partial charge is 0.481 e. The van der Waals surface area contributed by atoms with Crippen molar-refractivity contribution >= 4 is 40.6 Å². The Hall–Kier alpha value is -4.53. The first-order valence-corrected chi connectivity index (χ1v) is 10.1. The second-order valence-corrected chi connectivity index (χ2v) is 6.73. The third-order valence-corrected chi connectivity index (χ3v) is 4.59. The van der Waals surface area contributed by atoms with Gasteiger partial charge in [-0.1, -0.05) is 26.1 Å². The Morgan fingerprint density at radius 3 is 2.55 bits per heavy atom. The molecular weight excluding hydrogens is 420 g/mol. The average molecular weight is 444 g/mol. The van der Waals surface area contributed by atoms with Crippen LogP contribution in [-0.2, 0) is 16.0 Å². The molecule has 0 aliphatic rings. The Morgan fingerprint density at radius 2 is 1.91 bits per heavy atom. The fourth-order valence-electron chi connectivity index (χ4n) is 2.97. The molecule has 9 heteroatoms. The Bertz CT molecular complexity index is 1180. The van der Waals surface area contributed by atoms with Gasteiger partial charge in [-0.05, 0) is 42.8 Å². The van der Waals surface area contributed by atoms with E-state index in [1.54, 1.807) is 48.8 Å². The highest BCUT2D eigenvalue weighted by molar-refractivity contribution is 6.07. The third kappa shape index (κ3) is 5.59. The van der Waals surface area contributed by atoms with Crippen LogP contribution in [0.15, 0.2) is 74.1 Å². The minimum absolute atomic E-state index is 0.284. The van der Waals surface area contributed by atoms with Crippen LogP contribution in [0.2, 0.25) is 0 Å². The summed E-state index contributed by atoms with van der Waals surface area (Å²) in [5.74, 6) is 0.424. The molecule has 1 aromatic carbocycles. The van der Waals surface area contributed by atoms with E-state index in [4.69, 9.17) is 4.74 Å². The smallest absolute Gasteiger partial charge is 0.256 e. The zero-order valence-electron chi connectivity index (χ0n) is 18.4. The highest BCUT2D eigenvalue weighted by Crippen LogP contribution is 2.31. The van der Waals surface area contributed by atoms with E-state index in [1.165, 1.54) is 24.2 Å². The van der Waals surface area contributed by atoms with Crippen molar-refractivity contribution in [2.45, 2.75) is 13.3 Å². The second-order valence-electron chi connectivity index (χ2n) is 6.73. The molecular formula is C24H24N6O3. The summed E-state index contributed by atoms with van der Waals surface area (Å²) in [6, 6.07) is 10.3. The maximum absolute atomic E-state index is 12.9. The monoisotopic (exact) mass is 444 g/mol. The Morgan fingerprint density at radius 1 is 1.09 bits per heavy atom. The maximum Gasteiger partial charge on any atom is 0.256 e. The number of hydrogen-bond donors (Lipinski definition) is 2. The molecule has 0 unspecified atom stereocenters. The summed E-state index contributed by atoms with van der Waals surface area (Å²) < 4.78 is 5.07. The van der Waals surface area contributed by atoms with Gasteiger partial charge in [-0.25, -0.2) is 9.97 Å². The van der Waals surface area contributed by atoms with Crippen molar-refractivity contribution < 1.29 is 14.3 Å². The summed E-state index contributed by atoms with van der Waals surface area (Å²) in [5.41, 5.74) is 2.42. The van der Waals surface area contributed by atoms with Crippen LogP contribution in [0.5, 0.6) is 5.88 Å². The van der Waals surface area contributed by atoms with Gasteiger partial charge in [-0.15, -0.1) is 0 Å². The number of ether oxygens (including phenoxy) is 1. The molecule has 0 saturated carbocycles. The number of carbonyl (C=O) groups excluding carboxylic acids is 2. The molecule has 0 atom stereocenters. The normalized spacial score (nSPS) is 10.1. The summed E-state index contributed by atoms with van der Waals surface area (Å²) in [7, 11) is 1.54. The van der Waals surface area contributed by atoms with E-state index < -0.39 is 0 Å². The number of aryl methyl sites for hydroxylation is 1. The van der Waals surface area contributed by atoms with Gasteiger partial charge in [0.1, 0.15) is 5.82 Å². The fourth-order valence-corrected chi connectivity index (χ4v) is 2.97. The zero-order valence-corrected chi connectivity index (χ0v) is 18.4. The number of rotatable bonds is 9. The molecule has 3 aromatic rings. The van der Waals surface area contributed by atoms with Crippen LogP contribution in [0.4, 0.5) is 28.8 Å². The van der Waals surface area contributed by atoms with Crippen LogP contribution in [-0.4, -0.2) is 33.9 Å². The number of aromatic nitrogens is 3. The minimum Gasteiger partial charge on any atom is -0.481 e. The molecule has 0 saturated heterocycles. The van der Waals surface area contributed by atoms with Crippen molar-refractivity contribution in [1.82, 2.24) is 15.0 Å². The second kappa shape index (κ2) is 10.7. The van der Waals surface area contributed by atoms with Gasteiger partial charge in [0.15, 0.2) is 0 Å². The minimum atomic E-state index is -0.382. The van der Waals surface area contributed by atoms with Crippen LogP contribution >= 0.6 is 0 Å². The molecule has 2 amide bonds. The lowest BCUT2D eigenvalue weighted by Gasteiger charge is -2.23. The van der Waals surface area contributed by atoms with Gasteiger partial charge in [-0.3, -0.25) is 14.5 Å². The van der Waals surface area contributed by atoms with Gasteiger partial charge in [0, 0.05) is 23.5 Å². The topological polar surface area (TPSA) is 109 Å². The van der Waals surface area contributed by atoms with E-state index in [0.29, 0.717) is 35.2 Å².